The molecule has 0 atom stereocenters. The molecule has 5 nitrogen and oxygen atoms in total. The zero-order valence-corrected chi connectivity index (χ0v) is 16.0. The van der Waals surface area contributed by atoms with Crippen LogP contribution in [0.1, 0.15) is 19.4 Å². The van der Waals surface area contributed by atoms with Crippen molar-refractivity contribution in [2.75, 3.05) is 25.9 Å². The molecule has 1 aliphatic rings. The summed E-state index contributed by atoms with van der Waals surface area (Å²) in [4.78, 5) is 2.25. The van der Waals surface area contributed by atoms with Gasteiger partial charge in [0.25, 0.3) is 0 Å². The average Bonchev–Trinajstić information content (AvgIpc) is 2.53. The number of benzene rings is 2. The lowest BCUT2D eigenvalue weighted by Crippen LogP contribution is -2.56. The van der Waals surface area contributed by atoms with Gasteiger partial charge in [-0.3, -0.25) is 0 Å². The van der Waals surface area contributed by atoms with Gasteiger partial charge in [0.1, 0.15) is 17.1 Å². The minimum Gasteiger partial charge on any atom is -0.506 e. The molecule has 2 aromatic carbocycles. The number of likely N-dealkylation sites (tertiary alicyclic amines) is 1. The Balaban J connectivity index is 1.99. The lowest BCUT2D eigenvalue weighted by molar-refractivity contribution is -0.0343. The van der Waals surface area contributed by atoms with E-state index in [1.54, 1.807) is 24.3 Å². The van der Waals surface area contributed by atoms with Gasteiger partial charge in [-0.05, 0) is 56.3 Å². The maximum Gasteiger partial charge on any atom is 0.134 e. The Labute approximate surface area is 158 Å². The van der Waals surface area contributed by atoms with E-state index in [0.29, 0.717) is 22.9 Å². The van der Waals surface area contributed by atoms with Crippen molar-refractivity contribution in [2.45, 2.75) is 19.4 Å². The molecule has 0 aromatic heterocycles. The third kappa shape index (κ3) is 3.50. The van der Waals surface area contributed by atoms with Crippen molar-refractivity contribution in [3.05, 3.63) is 40.9 Å². The summed E-state index contributed by atoms with van der Waals surface area (Å²) in [6.45, 7) is 6.10. The predicted molar refractivity (Wildman–Crippen MR) is 107 cm³/mol. The highest BCUT2D eigenvalue weighted by molar-refractivity contribution is 6.32. The number of anilines is 1. The normalized spacial score (nSPS) is 15.5. The van der Waals surface area contributed by atoms with Gasteiger partial charge in [0, 0.05) is 30.9 Å². The van der Waals surface area contributed by atoms with E-state index in [0.717, 1.165) is 24.2 Å². The zero-order chi connectivity index (χ0) is 19.1. The largest absolute Gasteiger partial charge is 0.506 e. The van der Waals surface area contributed by atoms with Crippen LogP contribution in [0.3, 0.4) is 0 Å². The topological polar surface area (TPSA) is 82.6 Å². The molecule has 1 fully saturated rings. The van der Waals surface area contributed by atoms with Gasteiger partial charge in [-0.15, -0.1) is 0 Å². The molecule has 138 valence electrons. The van der Waals surface area contributed by atoms with Gasteiger partial charge in [-0.2, -0.15) is 0 Å². The molecule has 0 aliphatic carbocycles. The molecule has 0 unspecified atom stereocenters. The van der Waals surface area contributed by atoms with Crippen molar-refractivity contribution in [3.63, 3.8) is 0 Å². The number of nitrogens with one attached hydrogen (secondary N) is 1. The minimum absolute atomic E-state index is 0.0335. The number of nitrogen functional groups attached to an aromatic ring is 1. The van der Waals surface area contributed by atoms with Gasteiger partial charge in [-0.25, -0.2) is 0 Å². The number of phenols is 1. The minimum atomic E-state index is -0.373. The Morgan fingerprint density at radius 1 is 1.27 bits per heavy atom. The third-order valence-corrected chi connectivity index (χ3v) is 5.32. The zero-order valence-electron chi connectivity index (χ0n) is 15.2. The van der Waals surface area contributed by atoms with Crippen LogP contribution in [-0.4, -0.2) is 42.0 Å². The first-order valence-corrected chi connectivity index (χ1v) is 8.89. The Morgan fingerprint density at radius 3 is 2.54 bits per heavy atom. The van der Waals surface area contributed by atoms with Crippen molar-refractivity contribution >= 4 is 23.5 Å². The summed E-state index contributed by atoms with van der Waals surface area (Å²) in [6, 6.07) is 8.68. The molecule has 2 aromatic rings. The standard InChI is InChI=1S/C20H24ClN3O2/c1-20(2,14-10-24(3)11-14)26-19-8-13(7-17(23)15(19)9-22)12-4-5-18(25)16(21)6-12/h4-9,14,22,25H,10-11,23H2,1-3H3. The fraction of sp³-hybridized carbons (Fsp3) is 0.350. The maximum atomic E-state index is 9.64. The molecular weight excluding hydrogens is 350 g/mol. The van der Waals surface area contributed by atoms with Crippen molar-refractivity contribution in [1.82, 2.24) is 4.90 Å². The summed E-state index contributed by atoms with van der Waals surface area (Å²) >= 11 is 6.04. The van der Waals surface area contributed by atoms with Gasteiger partial charge in [0.15, 0.2) is 0 Å². The van der Waals surface area contributed by atoms with E-state index in [9.17, 15) is 5.11 Å². The second-order valence-corrected chi connectivity index (χ2v) is 7.82. The predicted octanol–water partition coefficient (Wildman–Crippen LogP) is 4.01. The van der Waals surface area contributed by atoms with E-state index >= 15 is 0 Å². The Hall–Kier alpha value is -2.24. The van der Waals surface area contributed by atoms with Gasteiger partial charge in [0.05, 0.1) is 10.6 Å². The molecule has 3 rings (SSSR count). The smallest absolute Gasteiger partial charge is 0.134 e. The van der Waals surface area contributed by atoms with Crippen LogP contribution in [0.25, 0.3) is 11.1 Å². The van der Waals surface area contributed by atoms with Crippen molar-refractivity contribution < 1.29 is 9.84 Å². The van der Waals surface area contributed by atoms with Gasteiger partial charge >= 0.3 is 0 Å². The van der Waals surface area contributed by atoms with Crippen LogP contribution < -0.4 is 10.5 Å². The summed E-state index contributed by atoms with van der Waals surface area (Å²) in [7, 11) is 2.09. The molecule has 6 heteroatoms. The number of phenolic OH excluding ortho intramolecular Hbond substituents is 1. The summed E-state index contributed by atoms with van der Waals surface area (Å²) in [6.07, 6.45) is 1.22. The molecule has 0 bridgehead atoms. The van der Waals surface area contributed by atoms with E-state index < -0.39 is 0 Å². The van der Waals surface area contributed by atoms with Crippen molar-refractivity contribution in [3.8, 4) is 22.6 Å². The highest BCUT2D eigenvalue weighted by Gasteiger charge is 2.39. The molecule has 0 radical (unpaired) electrons. The molecule has 1 aliphatic heterocycles. The van der Waals surface area contributed by atoms with Crippen LogP contribution >= 0.6 is 11.6 Å². The molecule has 26 heavy (non-hydrogen) atoms. The van der Waals surface area contributed by atoms with E-state index in [-0.39, 0.29) is 16.4 Å². The fourth-order valence-corrected chi connectivity index (χ4v) is 3.43. The second kappa shape index (κ2) is 6.82. The van der Waals surface area contributed by atoms with Crippen LogP contribution in [0.4, 0.5) is 5.69 Å². The quantitative estimate of drug-likeness (QED) is 0.546. The summed E-state index contributed by atoms with van der Waals surface area (Å²) in [5.74, 6) is 1.03. The van der Waals surface area contributed by atoms with Crippen LogP contribution in [-0.2, 0) is 0 Å². The van der Waals surface area contributed by atoms with Crippen LogP contribution in [0.15, 0.2) is 30.3 Å². The first-order valence-electron chi connectivity index (χ1n) is 8.51. The second-order valence-electron chi connectivity index (χ2n) is 7.41. The number of rotatable bonds is 5. The first-order chi connectivity index (χ1) is 12.2. The summed E-state index contributed by atoms with van der Waals surface area (Å²) in [5.41, 5.74) is 8.49. The Morgan fingerprint density at radius 2 is 1.96 bits per heavy atom. The monoisotopic (exact) mass is 373 g/mol. The summed E-state index contributed by atoms with van der Waals surface area (Å²) < 4.78 is 6.33. The SMILES string of the molecule is CN1CC(C(C)(C)Oc2cc(-c3ccc(O)c(Cl)c3)cc(N)c2C=N)C1. The molecule has 4 N–H and O–H groups in total. The first kappa shape index (κ1) is 18.5. The lowest BCUT2D eigenvalue weighted by Gasteiger charge is -2.46. The number of aromatic hydroxyl groups is 1. The fourth-order valence-electron chi connectivity index (χ4n) is 3.25. The number of nitrogens with two attached hydrogens (primary N) is 1. The van der Waals surface area contributed by atoms with E-state index in [4.69, 9.17) is 27.5 Å². The molecule has 0 spiro atoms. The molecule has 1 saturated heterocycles. The van der Waals surface area contributed by atoms with Crippen LogP contribution in [0, 0.1) is 11.3 Å². The maximum absolute atomic E-state index is 9.64. The third-order valence-electron chi connectivity index (χ3n) is 5.02. The number of halogens is 1. The van der Waals surface area contributed by atoms with Crippen LogP contribution in [0.2, 0.25) is 5.02 Å². The molecule has 0 amide bonds. The highest BCUT2D eigenvalue weighted by atomic mass is 35.5. The van der Waals surface area contributed by atoms with E-state index in [1.165, 1.54) is 6.21 Å². The molecule has 0 saturated carbocycles. The van der Waals surface area contributed by atoms with E-state index in [1.807, 2.05) is 6.07 Å². The van der Waals surface area contributed by atoms with Gasteiger partial charge < -0.3 is 25.9 Å². The van der Waals surface area contributed by atoms with Crippen molar-refractivity contribution in [1.29, 1.82) is 5.41 Å². The van der Waals surface area contributed by atoms with Crippen molar-refractivity contribution in [2.24, 2.45) is 5.92 Å². The number of ether oxygens (including phenoxy) is 1. The van der Waals surface area contributed by atoms with Gasteiger partial charge in [-0.1, -0.05) is 17.7 Å². The lowest BCUT2D eigenvalue weighted by atomic mass is 9.84. The molecule has 1 heterocycles. The number of hydrogen-bond donors (Lipinski definition) is 3. The molecular formula is C20H24ClN3O2. The Bertz CT molecular complexity index is 845. The highest BCUT2D eigenvalue weighted by Crippen LogP contribution is 2.38. The van der Waals surface area contributed by atoms with Crippen LogP contribution in [0.5, 0.6) is 11.5 Å². The van der Waals surface area contributed by atoms with E-state index in [2.05, 4.69) is 25.8 Å². The number of nitrogens with zero attached hydrogens (tertiary/aromatic N) is 1. The summed E-state index contributed by atoms with van der Waals surface area (Å²) in [5, 5.41) is 17.6. The number of hydrogen-bond acceptors (Lipinski definition) is 5. The van der Waals surface area contributed by atoms with Gasteiger partial charge in [0.2, 0.25) is 0 Å². The Kier molecular flexibility index (Phi) is 4.86. The average molecular weight is 374 g/mol.